The summed E-state index contributed by atoms with van der Waals surface area (Å²) in [5, 5.41) is 6.14. The second-order valence-electron chi connectivity index (χ2n) is 6.71. The molecule has 0 aliphatic heterocycles. The number of ketones is 1. The molecule has 3 rings (SSSR count). The van der Waals surface area contributed by atoms with E-state index in [4.69, 9.17) is 9.26 Å². The summed E-state index contributed by atoms with van der Waals surface area (Å²) >= 11 is 0. The first-order valence-electron chi connectivity index (χ1n) is 9.03. The minimum atomic E-state index is -0.520. The Balaban J connectivity index is 1.58. The number of hydrogen-bond acceptors (Lipinski definition) is 6. The van der Waals surface area contributed by atoms with Crippen LogP contribution in [0.15, 0.2) is 40.9 Å². The fraction of sp³-hybridized carbons (Fsp3) is 0.400. The summed E-state index contributed by atoms with van der Waals surface area (Å²) in [4.78, 5) is 37.2. The summed E-state index contributed by atoms with van der Waals surface area (Å²) in [6.45, 7) is 1.28. The van der Waals surface area contributed by atoms with Crippen LogP contribution in [0.5, 0.6) is 0 Å². The number of nitrogens with one attached hydrogen (secondary N) is 1. The zero-order valence-corrected chi connectivity index (χ0v) is 15.1. The molecular weight excluding hydrogens is 348 g/mol. The number of hydrogen-bond donors (Lipinski definition) is 1. The first-order valence-corrected chi connectivity index (χ1v) is 9.03. The summed E-state index contributed by atoms with van der Waals surface area (Å²) in [6, 6.07) is 10.5. The Morgan fingerprint density at radius 3 is 2.52 bits per heavy atom. The molecule has 2 aromatic rings. The van der Waals surface area contributed by atoms with Crippen molar-refractivity contribution in [1.82, 2.24) is 5.16 Å². The fourth-order valence-corrected chi connectivity index (χ4v) is 3.39. The zero-order valence-electron chi connectivity index (χ0n) is 15.1. The SMILES string of the molecule is Cc1cc(NC(=O)COC(=O)[C@@H]2CCCC[C@@H]2C(=O)c2ccccc2)no1. The van der Waals surface area contributed by atoms with Crippen molar-refractivity contribution in [1.29, 1.82) is 0 Å². The van der Waals surface area contributed by atoms with E-state index in [0.29, 0.717) is 24.2 Å². The normalized spacial score (nSPS) is 19.3. The molecule has 0 saturated heterocycles. The number of ether oxygens (including phenoxy) is 1. The molecule has 0 unspecified atom stereocenters. The van der Waals surface area contributed by atoms with Crippen LogP contribution in [0.25, 0.3) is 0 Å². The second-order valence-corrected chi connectivity index (χ2v) is 6.71. The topological polar surface area (TPSA) is 98.5 Å². The van der Waals surface area contributed by atoms with E-state index < -0.39 is 30.3 Å². The van der Waals surface area contributed by atoms with Crippen LogP contribution in [0.1, 0.15) is 41.8 Å². The van der Waals surface area contributed by atoms with Crippen LogP contribution in [-0.4, -0.2) is 29.4 Å². The van der Waals surface area contributed by atoms with Gasteiger partial charge in [-0.2, -0.15) is 0 Å². The molecule has 0 spiro atoms. The highest BCUT2D eigenvalue weighted by atomic mass is 16.5. The molecule has 0 bridgehead atoms. The van der Waals surface area contributed by atoms with Crippen LogP contribution >= 0.6 is 0 Å². The molecule has 1 N–H and O–H groups in total. The minimum absolute atomic E-state index is 0.0419. The lowest BCUT2D eigenvalue weighted by atomic mass is 9.75. The maximum Gasteiger partial charge on any atom is 0.310 e. The van der Waals surface area contributed by atoms with Crippen LogP contribution in [-0.2, 0) is 14.3 Å². The molecule has 1 aromatic carbocycles. The standard InChI is InChI=1S/C20H22N2O5/c1-13-11-17(22-27-13)21-18(23)12-26-20(25)16-10-6-5-9-15(16)19(24)14-7-3-2-4-8-14/h2-4,7-8,11,15-16H,5-6,9-10,12H2,1H3,(H,21,22,23)/t15-,16+/m0/s1. The average molecular weight is 370 g/mol. The van der Waals surface area contributed by atoms with Gasteiger partial charge in [0.25, 0.3) is 5.91 Å². The second kappa shape index (κ2) is 8.62. The molecule has 27 heavy (non-hydrogen) atoms. The predicted molar refractivity (Wildman–Crippen MR) is 97.0 cm³/mol. The van der Waals surface area contributed by atoms with E-state index in [-0.39, 0.29) is 11.6 Å². The molecule has 1 aliphatic rings. The van der Waals surface area contributed by atoms with E-state index in [1.807, 2.05) is 6.07 Å². The van der Waals surface area contributed by atoms with Crippen molar-refractivity contribution in [2.75, 3.05) is 11.9 Å². The van der Waals surface area contributed by atoms with Crippen molar-refractivity contribution in [3.05, 3.63) is 47.7 Å². The fourth-order valence-electron chi connectivity index (χ4n) is 3.39. The molecule has 1 aromatic heterocycles. The number of anilines is 1. The maximum absolute atomic E-state index is 12.8. The van der Waals surface area contributed by atoms with Gasteiger partial charge in [0.2, 0.25) is 0 Å². The molecule has 1 heterocycles. The van der Waals surface area contributed by atoms with E-state index in [1.165, 1.54) is 0 Å². The van der Waals surface area contributed by atoms with Crippen molar-refractivity contribution in [3.8, 4) is 0 Å². The Morgan fingerprint density at radius 1 is 1.15 bits per heavy atom. The number of nitrogens with zero attached hydrogens (tertiary/aromatic N) is 1. The predicted octanol–water partition coefficient (Wildman–Crippen LogP) is 3.15. The van der Waals surface area contributed by atoms with Gasteiger partial charge in [0.15, 0.2) is 18.2 Å². The molecule has 142 valence electrons. The quantitative estimate of drug-likeness (QED) is 0.619. The minimum Gasteiger partial charge on any atom is -0.455 e. The van der Waals surface area contributed by atoms with Crippen molar-refractivity contribution in [2.24, 2.45) is 11.8 Å². The van der Waals surface area contributed by atoms with Gasteiger partial charge in [0.05, 0.1) is 5.92 Å². The van der Waals surface area contributed by atoms with E-state index in [9.17, 15) is 14.4 Å². The number of rotatable bonds is 6. The smallest absolute Gasteiger partial charge is 0.310 e. The van der Waals surface area contributed by atoms with Gasteiger partial charge in [-0.05, 0) is 19.8 Å². The molecule has 1 saturated carbocycles. The Labute approximate surface area is 157 Å². The zero-order chi connectivity index (χ0) is 19.2. The molecule has 7 heteroatoms. The first-order chi connectivity index (χ1) is 13.0. The number of esters is 1. The molecule has 1 amide bonds. The third-order valence-electron chi connectivity index (χ3n) is 4.70. The van der Waals surface area contributed by atoms with Gasteiger partial charge in [0.1, 0.15) is 5.76 Å². The molecule has 0 radical (unpaired) electrons. The number of benzene rings is 1. The van der Waals surface area contributed by atoms with Crippen molar-refractivity contribution in [3.63, 3.8) is 0 Å². The molecular formula is C20H22N2O5. The highest BCUT2D eigenvalue weighted by Crippen LogP contribution is 2.33. The number of aryl methyl sites for hydroxylation is 1. The maximum atomic E-state index is 12.8. The lowest BCUT2D eigenvalue weighted by Gasteiger charge is -2.28. The summed E-state index contributed by atoms with van der Waals surface area (Å²) in [6.07, 6.45) is 3.01. The Bertz CT molecular complexity index is 815. The van der Waals surface area contributed by atoms with Gasteiger partial charge in [-0.1, -0.05) is 48.3 Å². The largest absolute Gasteiger partial charge is 0.455 e. The van der Waals surface area contributed by atoms with E-state index in [2.05, 4.69) is 10.5 Å². The summed E-state index contributed by atoms with van der Waals surface area (Å²) in [5.74, 6) is -1.15. The van der Waals surface area contributed by atoms with Gasteiger partial charge < -0.3 is 14.6 Å². The number of carbonyl (C=O) groups is 3. The number of Topliss-reactive ketones (excluding diaryl/α,β-unsaturated/α-hetero) is 1. The number of aromatic nitrogens is 1. The van der Waals surface area contributed by atoms with Crippen LogP contribution in [0.4, 0.5) is 5.82 Å². The van der Waals surface area contributed by atoms with Crippen molar-refractivity contribution >= 4 is 23.5 Å². The lowest BCUT2D eigenvalue weighted by molar-refractivity contribution is -0.153. The third-order valence-corrected chi connectivity index (χ3v) is 4.70. The van der Waals surface area contributed by atoms with Gasteiger partial charge >= 0.3 is 5.97 Å². The molecule has 7 nitrogen and oxygen atoms in total. The van der Waals surface area contributed by atoms with Crippen LogP contribution < -0.4 is 5.32 Å². The van der Waals surface area contributed by atoms with Gasteiger partial charge in [-0.15, -0.1) is 0 Å². The molecule has 1 fully saturated rings. The van der Waals surface area contributed by atoms with Gasteiger partial charge in [-0.3, -0.25) is 14.4 Å². The van der Waals surface area contributed by atoms with Gasteiger partial charge in [0, 0.05) is 17.5 Å². The van der Waals surface area contributed by atoms with Crippen molar-refractivity contribution in [2.45, 2.75) is 32.6 Å². The van der Waals surface area contributed by atoms with Crippen LogP contribution in [0.2, 0.25) is 0 Å². The monoisotopic (exact) mass is 370 g/mol. The van der Waals surface area contributed by atoms with Crippen molar-refractivity contribution < 1.29 is 23.6 Å². The van der Waals surface area contributed by atoms with E-state index in [1.54, 1.807) is 37.3 Å². The van der Waals surface area contributed by atoms with E-state index >= 15 is 0 Å². The van der Waals surface area contributed by atoms with Crippen LogP contribution in [0, 0.1) is 18.8 Å². The number of carbonyl (C=O) groups excluding carboxylic acids is 3. The third kappa shape index (κ3) is 4.81. The number of amides is 1. The lowest BCUT2D eigenvalue weighted by Crippen LogP contribution is -2.35. The summed E-state index contributed by atoms with van der Waals surface area (Å²) in [5.41, 5.74) is 0.598. The van der Waals surface area contributed by atoms with Crippen LogP contribution in [0.3, 0.4) is 0 Å². The summed E-state index contributed by atoms with van der Waals surface area (Å²) < 4.78 is 10.0. The summed E-state index contributed by atoms with van der Waals surface area (Å²) in [7, 11) is 0. The molecule has 1 aliphatic carbocycles. The van der Waals surface area contributed by atoms with E-state index in [0.717, 1.165) is 12.8 Å². The molecule has 2 atom stereocenters. The highest BCUT2D eigenvalue weighted by Gasteiger charge is 2.37. The Hall–Kier alpha value is -2.96. The van der Waals surface area contributed by atoms with Gasteiger partial charge in [-0.25, -0.2) is 0 Å². The Morgan fingerprint density at radius 2 is 1.85 bits per heavy atom. The Kier molecular flexibility index (Phi) is 6.01. The first kappa shape index (κ1) is 18.8. The average Bonchev–Trinajstić information content (AvgIpc) is 3.10. The highest BCUT2D eigenvalue weighted by molar-refractivity contribution is 6.00.